The molecule has 0 spiro atoms. The van der Waals surface area contributed by atoms with Crippen molar-refractivity contribution < 1.29 is 4.79 Å². The van der Waals surface area contributed by atoms with Gasteiger partial charge >= 0.3 is 0 Å². The van der Waals surface area contributed by atoms with E-state index in [4.69, 9.17) is 5.73 Å². The highest BCUT2D eigenvalue weighted by Gasteiger charge is 2.43. The number of hydrogen-bond acceptors (Lipinski definition) is 6. The number of rotatable bonds is 3. The Morgan fingerprint density at radius 1 is 0.944 bits per heavy atom. The Morgan fingerprint density at radius 3 is 2.58 bits per heavy atom. The van der Waals surface area contributed by atoms with Crippen LogP contribution >= 0.6 is 0 Å². The molecule has 194 valence electrons. The molecule has 0 aromatic heterocycles. The van der Waals surface area contributed by atoms with E-state index in [1.54, 1.807) is 0 Å². The summed E-state index contributed by atoms with van der Waals surface area (Å²) in [6, 6.07) is 9.43. The van der Waals surface area contributed by atoms with Crippen LogP contribution in [-0.2, 0) is 17.6 Å². The Hall–Kier alpha value is -2.09. The molecule has 3 atom stereocenters. The van der Waals surface area contributed by atoms with Crippen molar-refractivity contribution in [2.75, 3.05) is 26.3 Å². The van der Waals surface area contributed by atoms with Crippen molar-refractivity contribution in [3.8, 4) is 0 Å². The lowest BCUT2D eigenvalue weighted by Gasteiger charge is -2.41. The summed E-state index contributed by atoms with van der Waals surface area (Å²) in [5, 5.41) is 10.1. The maximum absolute atomic E-state index is 13.7. The zero-order valence-electron chi connectivity index (χ0n) is 22.0. The van der Waals surface area contributed by atoms with Gasteiger partial charge in [0, 0.05) is 37.6 Å². The molecule has 2 aromatic rings. The molecule has 0 saturated carbocycles. The normalized spacial score (nSPS) is 25.9. The van der Waals surface area contributed by atoms with Crippen LogP contribution in [0.5, 0.6) is 0 Å². The Bertz CT molecular complexity index is 1110. The number of fused-ring (bicyclic) bond motifs is 5. The number of nitrogens with two attached hydrogens (primary N) is 1. The fourth-order valence-corrected chi connectivity index (χ4v) is 6.56. The fraction of sp³-hybridized carbons (Fsp3) is 0.567. The molecular weight excluding hydrogens is 446 g/mol. The van der Waals surface area contributed by atoms with Gasteiger partial charge < -0.3 is 16.4 Å². The number of hydrogen-bond donors (Lipinski definition) is 5. The molecule has 3 aliphatic rings. The van der Waals surface area contributed by atoms with Crippen LogP contribution in [0.4, 0.5) is 0 Å². The van der Waals surface area contributed by atoms with Crippen LogP contribution < -0.4 is 27.2 Å². The molecule has 1 saturated heterocycles. The van der Waals surface area contributed by atoms with Gasteiger partial charge in [0.05, 0.1) is 5.54 Å². The first kappa shape index (κ1) is 25.6. The average molecular weight is 490 g/mol. The smallest absolute Gasteiger partial charge is 0.155 e. The van der Waals surface area contributed by atoms with E-state index < -0.39 is 5.54 Å². The molecule has 1 heterocycles. The SMILES string of the molecule is CC(C)(N)C(=O)C1CCc2c(ccc3c4c(ccc23)C=CCC4)C1C1CCNNCCCCNCN1. The van der Waals surface area contributed by atoms with E-state index in [0.717, 1.165) is 71.2 Å². The lowest BCUT2D eigenvalue weighted by atomic mass is 9.66. The largest absolute Gasteiger partial charge is 0.319 e. The Kier molecular flexibility index (Phi) is 7.89. The summed E-state index contributed by atoms with van der Waals surface area (Å²) >= 11 is 0. The van der Waals surface area contributed by atoms with Crippen LogP contribution in [0.1, 0.15) is 74.1 Å². The monoisotopic (exact) mass is 489 g/mol. The van der Waals surface area contributed by atoms with Gasteiger partial charge in [-0.2, -0.15) is 0 Å². The van der Waals surface area contributed by atoms with Crippen molar-refractivity contribution >= 4 is 22.6 Å². The quantitative estimate of drug-likeness (QED) is 0.453. The van der Waals surface area contributed by atoms with Crippen molar-refractivity contribution in [2.45, 2.75) is 76.3 Å². The summed E-state index contributed by atoms with van der Waals surface area (Å²) in [6.07, 6.45) is 11.7. The molecule has 1 fully saturated rings. The van der Waals surface area contributed by atoms with E-state index in [9.17, 15) is 4.79 Å². The maximum atomic E-state index is 13.7. The first-order valence-corrected chi connectivity index (χ1v) is 13.9. The summed E-state index contributed by atoms with van der Waals surface area (Å²) in [7, 11) is 0. The van der Waals surface area contributed by atoms with Crippen molar-refractivity contribution in [2.24, 2.45) is 11.7 Å². The van der Waals surface area contributed by atoms with Gasteiger partial charge in [-0.3, -0.25) is 15.6 Å². The van der Waals surface area contributed by atoms with Gasteiger partial charge in [0.1, 0.15) is 0 Å². The second-order valence-corrected chi connectivity index (χ2v) is 11.4. The van der Waals surface area contributed by atoms with Crippen LogP contribution in [0.25, 0.3) is 16.8 Å². The summed E-state index contributed by atoms with van der Waals surface area (Å²) in [4.78, 5) is 13.7. The van der Waals surface area contributed by atoms with E-state index >= 15 is 0 Å². The second-order valence-electron chi connectivity index (χ2n) is 11.4. The number of hydrazine groups is 1. The van der Waals surface area contributed by atoms with Crippen molar-refractivity contribution in [3.05, 3.63) is 52.6 Å². The van der Waals surface area contributed by atoms with Gasteiger partial charge in [0.15, 0.2) is 5.78 Å². The van der Waals surface area contributed by atoms with Crippen LogP contribution in [0.3, 0.4) is 0 Å². The van der Waals surface area contributed by atoms with E-state index in [2.05, 4.69) is 57.9 Å². The third-order valence-corrected chi connectivity index (χ3v) is 8.36. The average Bonchev–Trinajstić information content (AvgIpc) is 2.87. The number of ketones is 1. The highest BCUT2D eigenvalue weighted by Crippen LogP contribution is 2.44. The van der Waals surface area contributed by atoms with Crippen molar-refractivity contribution in [1.82, 2.24) is 21.5 Å². The van der Waals surface area contributed by atoms with E-state index in [0.29, 0.717) is 0 Å². The summed E-state index contributed by atoms with van der Waals surface area (Å²) in [5.41, 5.74) is 17.9. The van der Waals surface area contributed by atoms with Gasteiger partial charge in [0.2, 0.25) is 0 Å². The third-order valence-electron chi connectivity index (χ3n) is 8.36. The number of benzene rings is 2. The van der Waals surface area contributed by atoms with Crippen LogP contribution in [0, 0.1) is 5.92 Å². The number of Topliss-reactive ketones (excluding diaryl/α,β-unsaturated/α-hetero) is 1. The Balaban J connectivity index is 1.56. The molecule has 5 rings (SSSR count). The topological polar surface area (TPSA) is 91.2 Å². The molecule has 3 unspecified atom stereocenters. The fourth-order valence-electron chi connectivity index (χ4n) is 6.56. The molecule has 1 aliphatic heterocycles. The first-order valence-electron chi connectivity index (χ1n) is 13.9. The van der Waals surface area contributed by atoms with Gasteiger partial charge in [-0.25, -0.2) is 0 Å². The van der Waals surface area contributed by atoms with Gasteiger partial charge in [-0.15, -0.1) is 0 Å². The molecule has 6 heteroatoms. The number of nitrogens with one attached hydrogen (secondary N) is 4. The molecule has 6 nitrogen and oxygen atoms in total. The zero-order valence-corrected chi connectivity index (χ0v) is 22.0. The van der Waals surface area contributed by atoms with E-state index in [-0.39, 0.29) is 23.7 Å². The first-order chi connectivity index (χ1) is 17.4. The lowest BCUT2D eigenvalue weighted by Crippen LogP contribution is -2.52. The summed E-state index contributed by atoms with van der Waals surface area (Å²) < 4.78 is 0. The molecule has 2 aliphatic carbocycles. The zero-order chi connectivity index (χ0) is 25.1. The Labute approximate surface area is 215 Å². The number of allylic oxidation sites excluding steroid dienone is 1. The molecule has 0 bridgehead atoms. The molecular formula is C30H43N5O. The van der Waals surface area contributed by atoms with E-state index in [1.165, 1.54) is 33.0 Å². The van der Waals surface area contributed by atoms with Crippen molar-refractivity contribution in [3.63, 3.8) is 0 Å². The van der Waals surface area contributed by atoms with Crippen molar-refractivity contribution in [1.29, 1.82) is 0 Å². The molecule has 0 amide bonds. The molecule has 0 radical (unpaired) electrons. The molecule has 36 heavy (non-hydrogen) atoms. The Morgan fingerprint density at radius 2 is 1.72 bits per heavy atom. The third kappa shape index (κ3) is 5.29. The van der Waals surface area contributed by atoms with Gasteiger partial charge in [0.25, 0.3) is 0 Å². The summed E-state index contributed by atoms with van der Waals surface area (Å²) in [6.45, 7) is 7.30. The van der Waals surface area contributed by atoms with E-state index in [1.807, 2.05) is 13.8 Å². The van der Waals surface area contributed by atoms with Gasteiger partial charge in [-0.1, -0.05) is 36.4 Å². The molecule has 6 N–H and O–H groups in total. The van der Waals surface area contributed by atoms with Crippen LogP contribution in [0.2, 0.25) is 0 Å². The predicted molar refractivity (Wildman–Crippen MR) is 149 cm³/mol. The van der Waals surface area contributed by atoms with Crippen LogP contribution in [-0.4, -0.2) is 43.7 Å². The van der Waals surface area contributed by atoms with Gasteiger partial charge in [-0.05, 0) is 98.4 Å². The maximum Gasteiger partial charge on any atom is 0.155 e. The predicted octanol–water partition coefficient (Wildman–Crippen LogP) is 3.54. The highest BCUT2D eigenvalue weighted by atomic mass is 16.1. The lowest BCUT2D eigenvalue weighted by molar-refractivity contribution is -0.128. The number of carbonyl (C=O) groups is 1. The number of aryl methyl sites for hydroxylation is 2. The molecule has 2 aromatic carbocycles. The minimum absolute atomic E-state index is 0.0890. The summed E-state index contributed by atoms with van der Waals surface area (Å²) in [5.74, 6) is 0.186. The minimum atomic E-state index is -0.841. The highest BCUT2D eigenvalue weighted by molar-refractivity contribution is 5.94. The number of carbonyl (C=O) groups excluding carboxylic acids is 1. The minimum Gasteiger partial charge on any atom is -0.319 e. The standard InChI is InChI=1S/C30H43N5O/c1-30(2,31)29(36)26-14-12-24-23-10-9-20-7-3-4-8-21(20)22(23)11-13-25(24)28(26)27-15-18-35-34-17-6-5-16-32-19-33-27/h3,7,9-11,13,26-28,32-35H,4-6,8,12,14-19,31H2,1-2H3. The second kappa shape index (κ2) is 11.1. The van der Waals surface area contributed by atoms with Crippen LogP contribution in [0.15, 0.2) is 30.3 Å².